The molecule has 0 aliphatic heterocycles. The molecule has 2 N–H and O–H groups in total. The summed E-state index contributed by atoms with van der Waals surface area (Å²) in [6, 6.07) is 7.19. The van der Waals surface area contributed by atoms with Gasteiger partial charge < -0.3 is 10.4 Å². The molecule has 0 spiro atoms. The van der Waals surface area contributed by atoms with Gasteiger partial charge in [0.15, 0.2) is 0 Å². The zero-order valence-electron chi connectivity index (χ0n) is 10.7. The van der Waals surface area contributed by atoms with Crippen LogP contribution in [-0.2, 0) is 6.54 Å². The van der Waals surface area contributed by atoms with Crippen LogP contribution in [0.3, 0.4) is 0 Å². The van der Waals surface area contributed by atoms with Crippen molar-refractivity contribution in [3.05, 3.63) is 34.8 Å². The van der Waals surface area contributed by atoms with Crippen molar-refractivity contribution >= 4 is 11.3 Å². The van der Waals surface area contributed by atoms with Gasteiger partial charge in [-0.05, 0) is 44.2 Å². The Morgan fingerprint density at radius 2 is 2.00 bits per heavy atom. The van der Waals surface area contributed by atoms with Crippen molar-refractivity contribution in [2.45, 2.75) is 26.8 Å². The van der Waals surface area contributed by atoms with Crippen molar-refractivity contribution in [2.75, 3.05) is 6.54 Å². The van der Waals surface area contributed by atoms with Crippen LogP contribution in [-0.4, -0.2) is 16.6 Å². The summed E-state index contributed by atoms with van der Waals surface area (Å²) < 4.78 is 0. The SMILES string of the molecule is CCCNCc1sc(-c2ccc(O)cc2)nc1C. The Kier molecular flexibility index (Phi) is 4.33. The summed E-state index contributed by atoms with van der Waals surface area (Å²) in [5, 5.41) is 13.7. The molecule has 0 fully saturated rings. The minimum Gasteiger partial charge on any atom is -0.508 e. The van der Waals surface area contributed by atoms with Crippen molar-refractivity contribution in [3.63, 3.8) is 0 Å². The van der Waals surface area contributed by atoms with E-state index in [1.807, 2.05) is 19.1 Å². The number of aromatic nitrogens is 1. The minimum atomic E-state index is 0.289. The molecule has 0 aliphatic rings. The van der Waals surface area contributed by atoms with E-state index in [4.69, 9.17) is 0 Å². The molecule has 0 atom stereocenters. The highest BCUT2D eigenvalue weighted by atomic mass is 32.1. The average Bonchev–Trinajstić information content (AvgIpc) is 2.72. The van der Waals surface area contributed by atoms with Crippen LogP contribution < -0.4 is 5.32 Å². The Morgan fingerprint density at radius 1 is 1.28 bits per heavy atom. The summed E-state index contributed by atoms with van der Waals surface area (Å²) in [4.78, 5) is 5.87. The van der Waals surface area contributed by atoms with Crippen molar-refractivity contribution in [2.24, 2.45) is 0 Å². The molecule has 0 radical (unpaired) electrons. The molecule has 4 heteroatoms. The normalized spacial score (nSPS) is 10.8. The van der Waals surface area contributed by atoms with E-state index in [0.29, 0.717) is 0 Å². The summed E-state index contributed by atoms with van der Waals surface area (Å²) in [6.45, 7) is 6.12. The third-order valence-electron chi connectivity index (χ3n) is 2.72. The zero-order valence-corrected chi connectivity index (χ0v) is 11.5. The first kappa shape index (κ1) is 13.1. The van der Waals surface area contributed by atoms with Gasteiger partial charge in [0.1, 0.15) is 10.8 Å². The van der Waals surface area contributed by atoms with Crippen molar-refractivity contribution in [1.82, 2.24) is 10.3 Å². The second-order valence-electron chi connectivity index (χ2n) is 4.25. The first-order valence-electron chi connectivity index (χ1n) is 6.17. The first-order chi connectivity index (χ1) is 8.70. The Bertz CT molecular complexity index is 505. The third kappa shape index (κ3) is 3.09. The van der Waals surface area contributed by atoms with Gasteiger partial charge in [0.2, 0.25) is 0 Å². The van der Waals surface area contributed by atoms with Gasteiger partial charge in [-0.25, -0.2) is 4.98 Å². The molecule has 0 unspecified atom stereocenters. The number of nitrogens with zero attached hydrogens (tertiary/aromatic N) is 1. The maximum atomic E-state index is 9.28. The highest BCUT2D eigenvalue weighted by molar-refractivity contribution is 7.15. The van der Waals surface area contributed by atoms with Crippen LogP contribution in [0.2, 0.25) is 0 Å². The summed E-state index contributed by atoms with van der Waals surface area (Å²) in [5.41, 5.74) is 2.15. The fourth-order valence-corrected chi connectivity index (χ4v) is 2.74. The number of hydrogen-bond donors (Lipinski definition) is 2. The maximum Gasteiger partial charge on any atom is 0.123 e. The monoisotopic (exact) mass is 262 g/mol. The number of thiazole rings is 1. The van der Waals surface area contributed by atoms with Crippen LogP contribution in [0.5, 0.6) is 5.75 Å². The Balaban J connectivity index is 2.15. The maximum absolute atomic E-state index is 9.28. The highest BCUT2D eigenvalue weighted by Gasteiger charge is 2.08. The Labute approximate surface area is 112 Å². The van der Waals surface area contributed by atoms with Crippen LogP contribution in [0.4, 0.5) is 0 Å². The number of nitrogens with one attached hydrogen (secondary N) is 1. The van der Waals surface area contributed by atoms with Crippen molar-refractivity contribution in [1.29, 1.82) is 0 Å². The second-order valence-corrected chi connectivity index (χ2v) is 5.33. The summed E-state index contributed by atoms with van der Waals surface area (Å²) >= 11 is 1.71. The van der Waals surface area contributed by atoms with Crippen LogP contribution >= 0.6 is 11.3 Å². The molecule has 0 amide bonds. The summed E-state index contributed by atoms with van der Waals surface area (Å²) in [6.07, 6.45) is 1.14. The molecule has 1 heterocycles. The molecule has 0 aliphatic carbocycles. The van der Waals surface area contributed by atoms with Gasteiger partial charge in [0.05, 0.1) is 5.69 Å². The molecule has 1 aromatic carbocycles. The lowest BCUT2D eigenvalue weighted by Crippen LogP contribution is -2.13. The van der Waals surface area contributed by atoms with Crippen LogP contribution in [0.15, 0.2) is 24.3 Å². The second kappa shape index (κ2) is 5.98. The topological polar surface area (TPSA) is 45.1 Å². The lowest BCUT2D eigenvalue weighted by atomic mass is 10.2. The minimum absolute atomic E-state index is 0.289. The van der Waals surface area contributed by atoms with E-state index >= 15 is 0 Å². The van der Waals surface area contributed by atoms with E-state index in [2.05, 4.69) is 17.2 Å². The molecule has 0 bridgehead atoms. The van der Waals surface area contributed by atoms with Crippen LogP contribution in [0.1, 0.15) is 23.9 Å². The van der Waals surface area contributed by atoms with Gasteiger partial charge in [0, 0.05) is 17.0 Å². The molecule has 18 heavy (non-hydrogen) atoms. The van der Waals surface area contributed by atoms with E-state index in [1.54, 1.807) is 23.5 Å². The first-order valence-corrected chi connectivity index (χ1v) is 6.98. The predicted molar refractivity (Wildman–Crippen MR) is 75.9 cm³/mol. The summed E-state index contributed by atoms with van der Waals surface area (Å²) in [7, 11) is 0. The van der Waals surface area contributed by atoms with Gasteiger partial charge in [-0.15, -0.1) is 11.3 Å². The van der Waals surface area contributed by atoms with Gasteiger partial charge in [-0.3, -0.25) is 0 Å². The Hall–Kier alpha value is -1.39. The van der Waals surface area contributed by atoms with E-state index in [0.717, 1.165) is 35.8 Å². The Morgan fingerprint density at radius 3 is 2.67 bits per heavy atom. The van der Waals surface area contributed by atoms with Crippen molar-refractivity contribution < 1.29 is 5.11 Å². The molecule has 0 saturated carbocycles. The predicted octanol–water partition coefficient (Wildman–Crippen LogP) is 3.32. The van der Waals surface area contributed by atoms with Gasteiger partial charge in [-0.2, -0.15) is 0 Å². The number of benzene rings is 1. The fraction of sp³-hybridized carbons (Fsp3) is 0.357. The van der Waals surface area contributed by atoms with E-state index in [9.17, 15) is 5.11 Å². The van der Waals surface area contributed by atoms with Gasteiger partial charge in [-0.1, -0.05) is 6.92 Å². The molecule has 0 saturated heterocycles. The molecule has 2 aromatic rings. The molecular weight excluding hydrogens is 244 g/mol. The van der Waals surface area contributed by atoms with E-state index < -0.39 is 0 Å². The molecule has 1 aromatic heterocycles. The number of phenolic OH excluding ortho intramolecular Hbond substituents is 1. The smallest absolute Gasteiger partial charge is 0.123 e. The number of hydrogen-bond acceptors (Lipinski definition) is 4. The van der Waals surface area contributed by atoms with Gasteiger partial charge >= 0.3 is 0 Å². The number of aryl methyl sites for hydroxylation is 1. The van der Waals surface area contributed by atoms with Crippen LogP contribution in [0, 0.1) is 6.92 Å². The molecule has 96 valence electrons. The number of phenols is 1. The van der Waals surface area contributed by atoms with E-state index in [-0.39, 0.29) is 5.75 Å². The number of aromatic hydroxyl groups is 1. The average molecular weight is 262 g/mol. The van der Waals surface area contributed by atoms with Crippen LogP contribution in [0.25, 0.3) is 10.6 Å². The third-order valence-corrected chi connectivity index (χ3v) is 3.93. The molecular formula is C14H18N2OS. The quantitative estimate of drug-likeness (QED) is 0.812. The van der Waals surface area contributed by atoms with E-state index in [1.165, 1.54) is 4.88 Å². The van der Waals surface area contributed by atoms with Gasteiger partial charge in [0.25, 0.3) is 0 Å². The standard InChI is InChI=1S/C14H18N2OS/c1-3-8-15-9-13-10(2)16-14(18-13)11-4-6-12(17)7-5-11/h4-7,15,17H,3,8-9H2,1-2H3. The molecule has 3 nitrogen and oxygen atoms in total. The zero-order chi connectivity index (χ0) is 13.0. The summed E-state index contributed by atoms with van der Waals surface area (Å²) in [5.74, 6) is 0.289. The molecule has 2 rings (SSSR count). The number of rotatable bonds is 5. The highest BCUT2D eigenvalue weighted by Crippen LogP contribution is 2.28. The fourth-order valence-electron chi connectivity index (χ4n) is 1.70. The van der Waals surface area contributed by atoms with Crippen molar-refractivity contribution in [3.8, 4) is 16.3 Å². The lowest BCUT2D eigenvalue weighted by Gasteiger charge is -1.99. The largest absolute Gasteiger partial charge is 0.508 e. The lowest BCUT2D eigenvalue weighted by molar-refractivity contribution is 0.475.